The summed E-state index contributed by atoms with van der Waals surface area (Å²) in [7, 11) is 1.19. The molecule has 4 bridgehead atoms. The van der Waals surface area contributed by atoms with E-state index in [1.165, 1.54) is 14.0 Å². The third-order valence-corrected chi connectivity index (χ3v) is 7.46. The number of aromatic hydroxyl groups is 1. The Morgan fingerprint density at radius 1 is 1.14 bits per heavy atom. The molecule has 0 saturated heterocycles. The van der Waals surface area contributed by atoms with E-state index in [0.29, 0.717) is 29.4 Å². The molecule has 0 aromatic heterocycles. The molecule has 2 aromatic carbocycles. The van der Waals surface area contributed by atoms with Gasteiger partial charge in [-0.2, -0.15) is 0 Å². The number of carbonyl (C=O) groups excluding carboxylic acids is 3. The van der Waals surface area contributed by atoms with Crippen molar-refractivity contribution in [3.05, 3.63) is 47.9 Å². The van der Waals surface area contributed by atoms with Gasteiger partial charge in [-0.15, -0.1) is 0 Å². The first kappa shape index (κ1) is 28.6. The summed E-state index contributed by atoms with van der Waals surface area (Å²) in [6.45, 7) is 1.34. The van der Waals surface area contributed by atoms with Crippen molar-refractivity contribution in [3.63, 3.8) is 0 Å². The van der Waals surface area contributed by atoms with Crippen LogP contribution in [0.15, 0.2) is 33.2 Å². The topological polar surface area (TPSA) is 160 Å². The number of fused-ring (bicyclic) bond motifs is 10. The molecule has 4 atom stereocenters. The largest absolute Gasteiger partial charge is 0.504 e. The fourth-order valence-electron chi connectivity index (χ4n) is 3.61. The van der Waals surface area contributed by atoms with E-state index < -0.39 is 42.0 Å². The average Bonchev–Trinajstić information content (AvgIpc) is 2.80. The number of amides is 2. The minimum absolute atomic E-state index is 0.0362. The summed E-state index contributed by atoms with van der Waals surface area (Å²) in [5.41, 5.74) is 7.34. The zero-order valence-electron chi connectivity index (χ0n) is 19.2. The van der Waals surface area contributed by atoms with Crippen molar-refractivity contribution in [2.45, 2.75) is 44.0 Å². The first-order valence-electron chi connectivity index (χ1n) is 10.7. The number of nitrogens with one attached hydrogen (secondary N) is 2. The third-order valence-electron chi connectivity index (χ3n) is 5.46. The first-order valence-corrected chi connectivity index (χ1v) is 13.4. The number of ether oxygens (including phenoxy) is 2. The molecule has 0 saturated carbocycles. The minimum atomic E-state index is -1.37. The zero-order chi connectivity index (χ0) is 26.7. The first-order chi connectivity index (χ1) is 16.9. The van der Waals surface area contributed by atoms with Crippen molar-refractivity contribution >= 4 is 72.2 Å². The number of hydrogen-bond acceptors (Lipinski definition) is 8. The molecular formula is C23H24Br2IN3O7. The SMILES string of the molecule is COC(=O)C1Cc2cc(Br)c(c(Br)c2)Oc2cc(cc(I)c2O)C[C@H](N)C(=O)N[C@@H](C(C)O)C(=O)N1. The van der Waals surface area contributed by atoms with E-state index in [4.69, 9.17) is 15.2 Å². The van der Waals surface area contributed by atoms with E-state index in [1.807, 2.05) is 22.6 Å². The van der Waals surface area contributed by atoms with Crippen LogP contribution in [0.2, 0.25) is 0 Å². The number of aliphatic hydroxyl groups excluding tert-OH is 1. The zero-order valence-corrected chi connectivity index (χ0v) is 24.5. The Morgan fingerprint density at radius 2 is 1.75 bits per heavy atom. The number of phenols is 1. The van der Waals surface area contributed by atoms with Crippen molar-refractivity contribution < 1.29 is 34.1 Å². The number of methoxy groups -OCH3 is 1. The fraction of sp³-hybridized carbons (Fsp3) is 0.348. The monoisotopic (exact) mass is 739 g/mol. The molecule has 2 aliphatic rings. The number of rotatable bonds is 2. The Kier molecular flexibility index (Phi) is 9.60. The molecule has 13 heteroatoms. The summed E-state index contributed by atoms with van der Waals surface area (Å²) < 4.78 is 12.4. The van der Waals surface area contributed by atoms with Gasteiger partial charge in [0.05, 0.1) is 31.8 Å². The van der Waals surface area contributed by atoms with Crippen molar-refractivity contribution in [2.75, 3.05) is 7.11 Å². The van der Waals surface area contributed by atoms with Crippen LogP contribution < -0.4 is 21.1 Å². The number of aliphatic hydroxyl groups is 1. The van der Waals surface area contributed by atoms with E-state index in [9.17, 15) is 24.6 Å². The Morgan fingerprint density at radius 3 is 2.33 bits per heavy atom. The number of nitrogens with two attached hydrogens (primary N) is 1. The van der Waals surface area contributed by atoms with Crippen molar-refractivity contribution in [3.8, 4) is 17.2 Å². The number of esters is 1. The number of phenolic OH excluding ortho intramolecular Hbond substituents is 1. The minimum Gasteiger partial charge on any atom is -0.504 e. The summed E-state index contributed by atoms with van der Waals surface area (Å²) in [5, 5.41) is 25.8. The van der Waals surface area contributed by atoms with E-state index in [1.54, 1.807) is 24.3 Å². The van der Waals surface area contributed by atoms with Crippen LogP contribution in [0.3, 0.4) is 0 Å². The summed E-state index contributed by atoms with van der Waals surface area (Å²) in [6.07, 6.45) is -1.19. The van der Waals surface area contributed by atoms with Gasteiger partial charge in [-0.3, -0.25) is 9.59 Å². The van der Waals surface area contributed by atoms with E-state index in [-0.39, 0.29) is 24.3 Å². The maximum absolute atomic E-state index is 13.0. The number of carbonyl (C=O) groups is 3. The summed E-state index contributed by atoms with van der Waals surface area (Å²) in [5.74, 6) is -1.75. The van der Waals surface area contributed by atoms with Crippen LogP contribution in [0.25, 0.3) is 0 Å². The lowest BCUT2D eigenvalue weighted by Crippen LogP contribution is -2.58. The van der Waals surface area contributed by atoms with Gasteiger partial charge in [-0.1, -0.05) is 0 Å². The van der Waals surface area contributed by atoms with Gasteiger partial charge in [0.1, 0.15) is 12.1 Å². The lowest BCUT2D eigenvalue weighted by Gasteiger charge is -2.25. The van der Waals surface area contributed by atoms with Crippen molar-refractivity contribution in [1.82, 2.24) is 10.6 Å². The van der Waals surface area contributed by atoms with Gasteiger partial charge in [0, 0.05) is 6.42 Å². The second kappa shape index (κ2) is 12.1. The van der Waals surface area contributed by atoms with Gasteiger partial charge in [0.2, 0.25) is 11.8 Å². The number of hydrogen-bond donors (Lipinski definition) is 5. The summed E-state index contributed by atoms with van der Waals surface area (Å²) >= 11 is 8.87. The van der Waals surface area contributed by atoms with Crippen LogP contribution in [0.5, 0.6) is 17.2 Å². The molecular weight excluding hydrogens is 717 g/mol. The maximum atomic E-state index is 13.0. The smallest absolute Gasteiger partial charge is 0.328 e. The van der Waals surface area contributed by atoms with E-state index >= 15 is 0 Å². The van der Waals surface area contributed by atoms with Gasteiger partial charge in [0.25, 0.3) is 0 Å². The second-order valence-corrected chi connectivity index (χ2v) is 11.1. The quantitative estimate of drug-likeness (QED) is 0.232. The van der Waals surface area contributed by atoms with Crippen LogP contribution in [0, 0.1) is 3.57 Å². The molecule has 0 fully saturated rings. The van der Waals surface area contributed by atoms with Crippen molar-refractivity contribution in [2.24, 2.45) is 5.73 Å². The Balaban J connectivity index is 2.13. The lowest BCUT2D eigenvalue weighted by molar-refractivity contribution is -0.145. The molecule has 6 N–H and O–H groups in total. The third kappa shape index (κ3) is 6.68. The van der Waals surface area contributed by atoms with Crippen LogP contribution in [0.1, 0.15) is 18.1 Å². The molecule has 194 valence electrons. The number of benzene rings is 2. The molecule has 2 aromatic rings. The standard InChI is InChI=1S/C23H24Br2IN3O7/c1-9(30)18-22(33)28-16(23(34)35-2)7-10-3-12(24)20(13(25)4-10)36-17-8-11(5-14(26)19(17)31)6-15(27)21(32)29-18/h3-5,8-9,15-16,18,30-31H,6-7,27H2,1-2H3,(H,28,33)(H,29,32)/t9?,15-,16?,18-/m0/s1. The van der Waals surface area contributed by atoms with Gasteiger partial charge < -0.3 is 36.1 Å². The highest BCUT2D eigenvalue weighted by Gasteiger charge is 2.32. The highest BCUT2D eigenvalue weighted by molar-refractivity contribution is 14.1. The van der Waals surface area contributed by atoms with Crippen LogP contribution in [0.4, 0.5) is 0 Å². The second-order valence-electron chi connectivity index (χ2n) is 8.24. The van der Waals surface area contributed by atoms with Crippen LogP contribution in [-0.2, 0) is 32.0 Å². The van der Waals surface area contributed by atoms with E-state index in [2.05, 4.69) is 42.5 Å². The van der Waals surface area contributed by atoms with Gasteiger partial charge in [0.15, 0.2) is 17.2 Å². The van der Waals surface area contributed by atoms with Gasteiger partial charge in [-0.05, 0) is 103 Å². The highest BCUT2D eigenvalue weighted by Crippen LogP contribution is 2.42. The molecule has 0 aliphatic carbocycles. The van der Waals surface area contributed by atoms with Crippen LogP contribution >= 0.6 is 54.5 Å². The maximum Gasteiger partial charge on any atom is 0.328 e. The van der Waals surface area contributed by atoms with Gasteiger partial charge in [-0.25, -0.2) is 4.79 Å². The molecule has 2 unspecified atom stereocenters. The molecule has 0 spiro atoms. The molecule has 2 heterocycles. The van der Waals surface area contributed by atoms with E-state index in [0.717, 1.165) is 0 Å². The van der Waals surface area contributed by atoms with Crippen LogP contribution in [-0.4, -0.2) is 59.3 Å². The van der Waals surface area contributed by atoms with Gasteiger partial charge >= 0.3 is 5.97 Å². The Bertz CT molecular complexity index is 1170. The predicted molar refractivity (Wildman–Crippen MR) is 146 cm³/mol. The molecule has 10 nitrogen and oxygen atoms in total. The molecule has 4 rings (SSSR count). The highest BCUT2D eigenvalue weighted by atomic mass is 127. The fourth-order valence-corrected chi connectivity index (χ4v) is 5.71. The molecule has 2 amide bonds. The average molecular weight is 741 g/mol. The lowest BCUT2D eigenvalue weighted by atomic mass is 10.0. The Labute approximate surface area is 237 Å². The summed E-state index contributed by atoms with van der Waals surface area (Å²) in [6, 6.07) is 3.07. The summed E-state index contributed by atoms with van der Waals surface area (Å²) in [4.78, 5) is 38.3. The molecule has 36 heavy (non-hydrogen) atoms. The Hall–Kier alpha value is -1.94. The predicted octanol–water partition coefficient (Wildman–Crippen LogP) is 2.26. The van der Waals surface area contributed by atoms with Crippen molar-refractivity contribution in [1.29, 1.82) is 0 Å². The molecule has 0 radical (unpaired) electrons. The number of halogens is 3. The normalized spacial score (nSPS) is 21.6. The molecule has 2 aliphatic heterocycles.